The van der Waals surface area contributed by atoms with Gasteiger partial charge in [0.05, 0.1) is 10.8 Å². The van der Waals surface area contributed by atoms with Crippen LogP contribution in [0.1, 0.15) is 64.7 Å². The lowest BCUT2D eigenvalue weighted by molar-refractivity contribution is -0.134. The second-order valence-corrected chi connectivity index (χ2v) is 8.65. The Balaban J connectivity index is 1.55. The molecule has 1 aliphatic heterocycles. The molecule has 4 nitrogen and oxygen atoms in total. The maximum absolute atomic E-state index is 13.0. The van der Waals surface area contributed by atoms with Crippen molar-refractivity contribution in [2.24, 2.45) is 0 Å². The van der Waals surface area contributed by atoms with Gasteiger partial charge in [0.2, 0.25) is 5.91 Å². The molecule has 0 radical (unpaired) electrons. The first-order valence-electron chi connectivity index (χ1n) is 10.3. The minimum absolute atomic E-state index is 0.0216. The monoisotopic (exact) mass is 398 g/mol. The lowest BCUT2D eigenvalue weighted by Crippen LogP contribution is -2.47. The minimum Gasteiger partial charge on any atom is -0.348 e. The van der Waals surface area contributed by atoms with Gasteiger partial charge in [0.25, 0.3) is 5.91 Å². The molecule has 1 atom stereocenters. The van der Waals surface area contributed by atoms with Crippen LogP contribution in [0, 0.1) is 6.92 Å². The van der Waals surface area contributed by atoms with Crippen molar-refractivity contribution in [2.45, 2.75) is 58.4 Å². The van der Waals surface area contributed by atoms with Gasteiger partial charge in [-0.25, -0.2) is 0 Å². The highest BCUT2D eigenvalue weighted by Gasteiger charge is 2.29. The molecule has 1 aliphatic rings. The number of hydrogen-bond donors (Lipinski definition) is 1. The minimum atomic E-state index is -0.0751. The molecule has 1 fully saturated rings. The van der Waals surface area contributed by atoms with Crippen molar-refractivity contribution in [3.05, 3.63) is 57.3 Å². The Morgan fingerprint density at radius 1 is 1.18 bits per heavy atom. The number of nitrogens with one attached hydrogen (secondary N) is 1. The number of amides is 2. The van der Waals surface area contributed by atoms with Gasteiger partial charge in [-0.1, -0.05) is 44.2 Å². The first-order chi connectivity index (χ1) is 13.5. The average Bonchev–Trinajstić information content (AvgIpc) is 3.11. The van der Waals surface area contributed by atoms with Crippen LogP contribution in [0.2, 0.25) is 0 Å². The maximum atomic E-state index is 13.0. The van der Waals surface area contributed by atoms with Crippen molar-refractivity contribution in [2.75, 3.05) is 13.1 Å². The molecule has 2 heterocycles. The summed E-state index contributed by atoms with van der Waals surface area (Å²) in [6, 6.07) is 12.2. The van der Waals surface area contributed by atoms with Crippen LogP contribution in [-0.2, 0) is 11.2 Å². The third-order valence-electron chi connectivity index (χ3n) is 5.62. The van der Waals surface area contributed by atoms with Crippen molar-refractivity contribution in [3.63, 3.8) is 0 Å². The molecule has 1 unspecified atom stereocenters. The summed E-state index contributed by atoms with van der Waals surface area (Å²) in [5, 5.41) is 3.17. The molecular weight excluding hydrogens is 368 g/mol. The number of likely N-dealkylation sites (tertiary alicyclic amines) is 1. The van der Waals surface area contributed by atoms with Crippen LogP contribution < -0.4 is 5.32 Å². The summed E-state index contributed by atoms with van der Waals surface area (Å²) in [4.78, 5) is 29.6. The first kappa shape index (κ1) is 20.6. The van der Waals surface area contributed by atoms with Crippen LogP contribution >= 0.6 is 11.3 Å². The SMILES string of the molecule is CCc1sc(C(=O)NC2CCN(C(=O)C(CC)c3ccccc3)CC2)cc1C. The van der Waals surface area contributed by atoms with Gasteiger partial charge in [-0.15, -0.1) is 11.3 Å². The smallest absolute Gasteiger partial charge is 0.261 e. The summed E-state index contributed by atoms with van der Waals surface area (Å²) in [5.41, 5.74) is 2.29. The fourth-order valence-electron chi connectivity index (χ4n) is 3.94. The Hall–Kier alpha value is -2.14. The van der Waals surface area contributed by atoms with E-state index in [2.05, 4.69) is 26.1 Å². The van der Waals surface area contributed by atoms with E-state index in [0.717, 1.165) is 36.1 Å². The highest BCUT2D eigenvalue weighted by Crippen LogP contribution is 2.25. The predicted molar refractivity (Wildman–Crippen MR) is 115 cm³/mol. The van der Waals surface area contributed by atoms with Gasteiger partial charge in [0.1, 0.15) is 0 Å². The number of thiophene rings is 1. The largest absolute Gasteiger partial charge is 0.348 e. The third-order valence-corrected chi connectivity index (χ3v) is 7.00. The maximum Gasteiger partial charge on any atom is 0.261 e. The average molecular weight is 399 g/mol. The molecule has 28 heavy (non-hydrogen) atoms. The summed E-state index contributed by atoms with van der Waals surface area (Å²) in [6.07, 6.45) is 3.39. The highest BCUT2D eigenvalue weighted by molar-refractivity contribution is 7.14. The van der Waals surface area contributed by atoms with Crippen molar-refractivity contribution >= 4 is 23.2 Å². The number of piperidine rings is 1. The molecule has 1 aromatic heterocycles. The van der Waals surface area contributed by atoms with Gasteiger partial charge >= 0.3 is 0 Å². The van der Waals surface area contributed by atoms with Gasteiger partial charge in [0, 0.05) is 24.0 Å². The van der Waals surface area contributed by atoms with E-state index in [9.17, 15) is 9.59 Å². The number of carbonyl (C=O) groups excluding carboxylic acids is 2. The zero-order valence-corrected chi connectivity index (χ0v) is 17.8. The van der Waals surface area contributed by atoms with E-state index in [0.29, 0.717) is 13.1 Å². The van der Waals surface area contributed by atoms with Crippen LogP contribution in [0.15, 0.2) is 36.4 Å². The van der Waals surface area contributed by atoms with Crippen molar-refractivity contribution in [3.8, 4) is 0 Å². The van der Waals surface area contributed by atoms with Crippen LogP contribution in [0.3, 0.4) is 0 Å². The molecule has 1 saturated heterocycles. The first-order valence-corrected chi connectivity index (χ1v) is 11.1. The van der Waals surface area contributed by atoms with Crippen molar-refractivity contribution < 1.29 is 9.59 Å². The topological polar surface area (TPSA) is 49.4 Å². The van der Waals surface area contributed by atoms with Crippen LogP contribution in [-0.4, -0.2) is 35.8 Å². The van der Waals surface area contributed by atoms with Crippen LogP contribution in [0.5, 0.6) is 0 Å². The van der Waals surface area contributed by atoms with Gasteiger partial charge in [-0.2, -0.15) is 0 Å². The third kappa shape index (κ3) is 4.64. The molecule has 0 saturated carbocycles. The molecule has 1 aromatic carbocycles. The van der Waals surface area contributed by atoms with Crippen molar-refractivity contribution in [1.82, 2.24) is 10.2 Å². The molecule has 5 heteroatoms. The Morgan fingerprint density at radius 2 is 1.86 bits per heavy atom. The number of rotatable bonds is 6. The Labute approximate surface area is 172 Å². The molecule has 0 aliphatic carbocycles. The van der Waals surface area contributed by atoms with E-state index in [-0.39, 0.29) is 23.8 Å². The predicted octanol–water partition coefficient (Wildman–Crippen LogP) is 4.53. The van der Waals surface area contributed by atoms with E-state index in [1.807, 2.05) is 41.3 Å². The van der Waals surface area contributed by atoms with E-state index >= 15 is 0 Å². The van der Waals surface area contributed by atoms with E-state index < -0.39 is 0 Å². The summed E-state index contributed by atoms with van der Waals surface area (Å²) in [6.45, 7) is 7.66. The fourth-order valence-corrected chi connectivity index (χ4v) is 4.96. The fraction of sp³-hybridized carbons (Fsp3) is 0.478. The van der Waals surface area contributed by atoms with Gasteiger partial charge in [-0.05, 0) is 49.8 Å². The summed E-state index contributed by atoms with van der Waals surface area (Å²) in [5.74, 6) is 0.155. The second kappa shape index (κ2) is 9.37. The summed E-state index contributed by atoms with van der Waals surface area (Å²) >= 11 is 1.59. The number of hydrogen-bond acceptors (Lipinski definition) is 3. The lowest BCUT2D eigenvalue weighted by Gasteiger charge is -2.34. The Morgan fingerprint density at radius 3 is 2.43 bits per heavy atom. The number of aryl methyl sites for hydroxylation is 2. The van der Waals surface area contributed by atoms with Crippen LogP contribution in [0.25, 0.3) is 0 Å². The number of benzene rings is 1. The zero-order valence-electron chi connectivity index (χ0n) is 17.0. The standard InChI is InChI=1S/C23H30N2O2S/c1-4-19(17-9-7-6-8-10-17)23(27)25-13-11-18(12-14-25)24-22(26)21-15-16(3)20(5-2)28-21/h6-10,15,18-19H,4-5,11-14H2,1-3H3,(H,24,26). The normalized spacial score (nSPS) is 16.0. The van der Waals surface area contributed by atoms with Crippen molar-refractivity contribution in [1.29, 1.82) is 0 Å². The Bertz CT molecular complexity index is 807. The molecular formula is C23H30N2O2S. The van der Waals surface area contributed by atoms with Gasteiger partial charge in [-0.3, -0.25) is 9.59 Å². The molecule has 0 spiro atoms. The van der Waals surface area contributed by atoms with Gasteiger partial charge < -0.3 is 10.2 Å². The molecule has 1 N–H and O–H groups in total. The molecule has 0 bridgehead atoms. The lowest BCUT2D eigenvalue weighted by atomic mass is 9.93. The highest BCUT2D eigenvalue weighted by atomic mass is 32.1. The molecule has 2 amide bonds. The summed E-state index contributed by atoms with van der Waals surface area (Å²) < 4.78 is 0. The van der Waals surface area contributed by atoms with E-state index in [1.54, 1.807) is 11.3 Å². The quantitative estimate of drug-likeness (QED) is 0.777. The zero-order chi connectivity index (χ0) is 20.1. The summed E-state index contributed by atoms with van der Waals surface area (Å²) in [7, 11) is 0. The van der Waals surface area contributed by atoms with E-state index in [4.69, 9.17) is 0 Å². The molecule has 150 valence electrons. The molecule has 3 rings (SSSR count). The van der Waals surface area contributed by atoms with Gasteiger partial charge in [0.15, 0.2) is 0 Å². The Kier molecular flexibility index (Phi) is 6.89. The van der Waals surface area contributed by atoms with Crippen LogP contribution in [0.4, 0.5) is 0 Å². The number of carbonyl (C=O) groups is 2. The molecule has 2 aromatic rings. The van der Waals surface area contributed by atoms with E-state index in [1.165, 1.54) is 10.4 Å². The second-order valence-electron chi connectivity index (χ2n) is 7.51. The number of nitrogens with zero attached hydrogens (tertiary/aromatic N) is 1.